The Labute approximate surface area is 250 Å². The summed E-state index contributed by atoms with van der Waals surface area (Å²) in [6.45, 7) is 18.1. The molecule has 1 atom stereocenters. The number of carbonyl (C=O) groups is 2. The smallest absolute Gasteiger partial charge is 0.343 e. The number of ether oxygens (including phenoxy) is 2. The Hall–Kier alpha value is -3.88. The van der Waals surface area contributed by atoms with Crippen LogP contribution in [0.15, 0.2) is 66.7 Å². The lowest BCUT2D eigenvalue weighted by molar-refractivity contribution is 0.0681. The number of benzene rings is 3. The summed E-state index contributed by atoms with van der Waals surface area (Å²) < 4.78 is 11.5. The number of aliphatic hydroxyl groups excluding tert-OH is 1. The summed E-state index contributed by atoms with van der Waals surface area (Å²) in [6, 6.07) is 19.1. The molecule has 1 unspecified atom stereocenters. The minimum absolute atomic E-state index is 0.0493. The molecule has 42 heavy (non-hydrogen) atoms. The summed E-state index contributed by atoms with van der Waals surface area (Å²) in [5.74, 6) is -1.04. The minimum atomic E-state index is -0.868. The fourth-order valence-electron chi connectivity index (χ4n) is 4.53. The fraction of sp³-hybridized carbons (Fsp3) is 0.412. The van der Waals surface area contributed by atoms with Gasteiger partial charge in [0, 0.05) is 49.6 Å². The van der Waals surface area contributed by atoms with Crippen LogP contribution in [0.1, 0.15) is 80.8 Å². The van der Waals surface area contributed by atoms with E-state index in [4.69, 9.17) is 9.47 Å². The molecule has 0 aliphatic rings. The van der Waals surface area contributed by atoms with Crippen molar-refractivity contribution in [2.45, 2.75) is 60.1 Å². The average molecular weight is 576 g/mol. The van der Waals surface area contributed by atoms with Crippen LogP contribution in [-0.4, -0.2) is 55.3 Å². The number of anilines is 2. The third-order valence-electron chi connectivity index (χ3n) is 7.05. The quantitative estimate of drug-likeness (QED) is 0.183. The second-order valence-corrected chi connectivity index (χ2v) is 11.1. The highest BCUT2D eigenvalue weighted by Crippen LogP contribution is 2.32. The Kier molecular flexibility index (Phi) is 11.5. The van der Waals surface area contributed by atoms with Crippen LogP contribution in [0.5, 0.6) is 11.5 Å². The summed E-state index contributed by atoms with van der Waals surface area (Å²) >= 11 is 0. The van der Waals surface area contributed by atoms with Crippen molar-refractivity contribution in [1.29, 1.82) is 0 Å². The molecule has 0 bridgehead atoms. The van der Waals surface area contributed by atoms with E-state index in [2.05, 4.69) is 42.8 Å². The zero-order chi connectivity index (χ0) is 30.9. The Balaban J connectivity index is 1.87. The Morgan fingerprint density at radius 2 is 1.14 bits per heavy atom. The molecule has 0 aromatic heterocycles. The van der Waals surface area contributed by atoms with Gasteiger partial charge in [0.25, 0.3) is 0 Å². The molecule has 226 valence electrons. The first-order chi connectivity index (χ1) is 20.0. The standard InChI is InChI=1S/C34H45N3O5/c1-8-36(9-2)27-17-12-24(13-18-27)32(39)41-30-21-16-26(29(38)23-35-34(5,6)7)22-31(30)42-33(40)25-14-19-28(20-15-25)37(10-3)11-4/h12-22,29,35,38H,8-11,23H2,1-7H3. The summed E-state index contributed by atoms with van der Waals surface area (Å²) in [5, 5.41) is 14.1. The van der Waals surface area contributed by atoms with Gasteiger partial charge in [0.1, 0.15) is 0 Å². The van der Waals surface area contributed by atoms with E-state index in [9.17, 15) is 14.7 Å². The van der Waals surface area contributed by atoms with E-state index in [1.54, 1.807) is 42.5 Å². The molecule has 0 fully saturated rings. The van der Waals surface area contributed by atoms with Gasteiger partial charge in [-0.25, -0.2) is 9.59 Å². The molecular weight excluding hydrogens is 530 g/mol. The van der Waals surface area contributed by atoms with Gasteiger partial charge in [-0.15, -0.1) is 0 Å². The van der Waals surface area contributed by atoms with Gasteiger partial charge < -0.3 is 29.7 Å². The van der Waals surface area contributed by atoms with E-state index >= 15 is 0 Å². The van der Waals surface area contributed by atoms with Gasteiger partial charge in [-0.2, -0.15) is 0 Å². The molecule has 3 aromatic carbocycles. The highest BCUT2D eigenvalue weighted by atomic mass is 16.6. The zero-order valence-electron chi connectivity index (χ0n) is 25.9. The van der Waals surface area contributed by atoms with E-state index in [0.717, 1.165) is 37.6 Å². The maximum atomic E-state index is 13.2. The summed E-state index contributed by atoms with van der Waals surface area (Å²) in [4.78, 5) is 30.6. The first-order valence-corrected chi connectivity index (χ1v) is 14.7. The van der Waals surface area contributed by atoms with Crippen LogP contribution in [0.4, 0.5) is 11.4 Å². The molecule has 0 heterocycles. The lowest BCUT2D eigenvalue weighted by Crippen LogP contribution is -2.38. The SMILES string of the molecule is CCN(CC)c1ccc(C(=O)Oc2ccc(C(O)CNC(C)(C)C)cc2OC(=O)c2ccc(N(CC)CC)cc2)cc1. The van der Waals surface area contributed by atoms with E-state index in [0.29, 0.717) is 23.2 Å². The first-order valence-electron chi connectivity index (χ1n) is 14.7. The van der Waals surface area contributed by atoms with Gasteiger partial charge in [0.05, 0.1) is 17.2 Å². The molecule has 8 nitrogen and oxygen atoms in total. The van der Waals surface area contributed by atoms with Crippen molar-refractivity contribution in [2.24, 2.45) is 0 Å². The van der Waals surface area contributed by atoms with Crippen LogP contribution < -0.4 is 24.6 Å². The van der Waals surface area contributed by atoms with E-state index in [1.165, 1.54) is 0 Å². The monoisotopic (exact) mass is 575 g/mol. The molecule has 3 aromatic rings. The largest absolute Gasteiger partial charge is 0.419 e. The molecule has 0 aliphatic carbocycles. The Morgan fingerprint density at radius 1 is 0.714 bits per heavy atom. The van der Waals surface area contributed by atoms with Crippen molar-refractivity contribution in [3.63, 3.8) is 0 Å². The normalized spacial score (nSPS) is 12.0. The van der Waals surface area contributed by atoms with Gasteiger partial charge in [-0.1, -0.05) is 6.07 Å². The van der Waals surface area contributed by atoms with Gasteiger partial charge in [-0.3, -0.25) is 0 Å². The topological polar surface area (TPSA) is 91.3 Å². The number of β-amino-alcohol motifs (C(OH)–C–C–N with tert-alkyl or cyclic N) is 1. The maximum absolute atomic E-state index is 13.2. The van der Waals surface area contributed by atoms with Crippen molar-refractivity contribution in [3.8, 4) is 11.5 Å². The van der Waals surface area contributed by atoms with Crippen molar-refractivity contribution < 1.29 is 24.2 Å². The zero-order valence-corrected chi connectivity index (χ0v) is 25.9. The maximum Gasteiger partial charge on any atom is 0.343 e. The van der Waals surface area contributed by atoms with Crippen LogP contribution in [0.2, 0.25) is 0 Å². The van der Waals surface area contributed by atoms with Crippen molar-refractivity contribution in [1.82, 2.24) is 5.32 Å². The van der Waals surface area contributed by atoms with E-state index < -0.39 is 18.0 Å². The number of hydrogen-bond acceptors (Lipinski definition) is 8. The Bertz CT molecular complexity index is 1310. The molecule has 0 radical (unpaired) electrons. The van der Waals surface area contributed by atoms with E-state index in [1.807, 2.05) is 45.0 Å². The van der Waals surface area contributed by atoms with E-state index in [-0.39, 0.29) is 17.0 Å². The number of nitrogens with one attached hydrogen (secondary N) is 1. The van der Waals surface area contributed by atoms with Crippen molar-refractivity contribution in [2.75, 3.05) is 42.5 Å². The van der Waals surface area contributed by atoms with Gasteiger partial charge >= 0.3 is 11.9 Å². The number of aliphatic hydroxyl groups is 1. The predicted octanol–water partition coefficient (Wildman–Crippen LogP) is 6.24. The third kappa shape index (κ3) is 8.81. The summed E-state index contributed by atoms with van der Waals surface area (Å²) in [5.41, 5.74) is 3.08. The summed E-state index contributed by atoms with van der Waals surface area (Å²) in [7, 11) is 0. The molecule has 8 heteroatoms. The molecule has 0 amide bonds. The highest BCUT2D eigenvalue weighted by Gasteiger charge is 2.21. The van der Waals surface area contributed by atoms with Gasteiger partial charge in [-0.05, 0) is 115 Å². The Morgan fingerprint density at radius 3 is 1.55 bits per heavy atom. The fourth-order valence-corrected chi connectivity index (χ4v) is 4.53. The molecular formula is C34H45N3O5. The number of rotatable bonds is 13. The second kappa shape index (κ2) is 14.8. The lowest BCUT2D eigenvalue weighted by atomic mass is 10.1. The van der Waals surface area contributed by atoms with Crippen LogP contribution in [0, 0.1) is 0 Å². The number of carbonyl (C=O) groups excluding carboxylic acids is 2. The molecule has 2 N–H and O–H groups in total. The number of nitrogens with zero attached hydrogens (tertiary/aromatic N) is 2. The average Bonchev–Trinajstić information content (AvgIpc) is 2.98. The molecule has 0 saturated heterocycles. The molecule has 0 spiro atoms. The van der Waals surface area contributed by atoms with Crippen LogP contribution >= 0.6 is 0 Å². The molecule has 0 aliphatic heterocycles. The van der Waals surface area contributed by atoms with Gasteiger partial charge in [0.2, 0.25) is 0 Å². The first kappa shape index (κ1) is 32.6. The van der Waals surface area contributed by atoms with Gasteiger partial charge in [0.15, 0.2) is 11.5 Å². The third-order valence-corrected chi connectivity index (χ3v) is 7.05. The molecule has 3 rings (SSSR count). The van der Waals surface area contributed by atoms with Crippen molar-refractivity contribution in [3.05, 3.63) is 83.4 Å². The lowest BCUT2D eigenvalue weighted by Gasteiger charge is -2.23. The van der Waals surface area contributed by atoms with Crippen LogP contribution in [-0.2, 0) is 0 Å². The predicted molar refractivity (Wildman–Crippen MR) is 169 cm³/mol. The van der Waals surface area contributed by atoms with Crippen LogP contribution in [0.3, 0.4) is 0 Å². The minimum Gasteiger partial charge on any atom is -0.419 e. The number of esters is 2. The number of hydrogen-bond donors (Lipinski definition) is 2. The molecule has 0 saturated carbocycles. The second-order valence-electron chi connectivity index (χ2n) is 11.1. The van der Waals surface area contributed by atoms with Crippen molar-refractivity contribution >= 4 is 23.3 Å². The van der Waals surface area contributed by atoms with Crippen LogP contribution in [0.25, 0.3) is 0 Å². The summed E-state index contributed by atoms with van der Waals surface area (Å²) in [6.07, 6.45) is -0.868. The highest BCUT2D eigenvalue weighted by molar-refractivity contribution is 5.93.